The van der Waals surface area contributed by atoms with Gasteiger partial charge < -0.3 is 4.98 Å². The standard InChI is InChI=1S/C8H9N5O2/c1-12-4-6(10-11-12)5-13-7(14)2-3-9-8(13)15/h2-4H,5H2,1H3,(H,9,15). The van der Waals surface area contributed by atoms with Crippen LogP contribution in [0.4, 0.5) is 0 Å². The van der Waals surface area contributed by atoms with Crippen LogP contribution in [0, 0.1) is 0 Å². The van der Waals surface area contributed by atoms with Gasteiger partial charge in [0.2, 0.25) is 0 Å². The zero-order chi connectivity index (χ0) is 10.8. The lowest BCUT2D eigenvalue weighted by molar-refractivity contribution is 0.678. The molecule has 0 amide bonds. The van der Waals surface area contributed by atoms with E-state index in [1.54, 1.807) is 13.2 Å². The summed E-state index contributed by atoms with van der Waals surface area (Å²) in [6.45, 7) is 0.128. The summed E-state index contributed by atoms with van der Waals surface area (Å²) in [7, 11) is 1.72. The molecular formula is C8H9N5O2. The van der Waals surface area contributed by atoms with E-state index >= 15 is 0 Å². The Morgan fingerprint density at radius 2 is 2.27 bits per heavy atom. The minimum Gasteiger partial charge on any atom is -0.314 e. The summed E-state index contributed by atoms with van der Waals surface area (Å²) in [6, 6.07) is 1.29. The molecule has 7 nitrogen and oxygen atoms in total. The molecule has 7 heteroatoms. The average Bonchev–Trinajstić information content (AvgIpc) is 2.58. The van der Waals surface area contributed by atoms with Crippen LogP contribution in [0.1, 0.15) is 5.69 Å². The number of hydrogen-bond acceptors (Lipinski definition) is 4. The fraction of sp³-hybridized carbons (Fsp3) is 0.250. The molecule has 0 aromatic carbocycles. The van der Waals surface area contributed by atoms with Crippen molar-refractivity contribution in [2.24, 2.45) is 7.05 Å². The number of rotatable bonds is 2. The first-order valence-electron chi connectivity index (χ1n) is 4.30. The van der Waals surface area contributed by atoms with Gasteiger partial charge in [0.25, 0.3) is 5.56 Å². The summed E-state index contributed by atoms with van der Waals surface area (Å²) >= 11 is 0. The largest absolute Gasteiger partial charge is 0.328 e. The highest BCUT2D eigenvalue weighted by atomic mass is 16.2. The number of aryl methyl sites for hydroxylation is 1. The van der Waals surface area contributed by atoms with Gasteiger partial charge >= 0.3 is 5.69 Å². The number of H-pyrrole nitrogens is 1. The topological polar surface area (TPSA) is 85.6 Å². The lowest BCUT2D eigenvalue weighted by Gasteiger charge is -1.98. The Bertz CT molecular complexity index is 551. The second-order valence-corrected chi connectivity index (χ2v) is 3.09. The highest BCUT2D eigenvalue weighted by Gasteiger charge is 2.04. The highest BCUT2D eigenvalue weighted by Crippen LogP contribution is 1.91. The van der Waals surface area contributed by atoms with Crippen molar-refractivity contribution in [2.45, 2.75) is 6.54 Å². The summed E-state index contributed by atoms with van der Waals surface area (Å²) < 4.78 is 2.57. The molecule has 0 saturated heterocycles. The molecule has 2 aromatic heterocycles. The van der Waals surface area contributed by atoms with Crippen LogP contribution in [-0.2, 0) is 13.6 Å². The second kappa shape index (κ2) is 3.52. The van der Waals surface area contributed by atoms with Gasteiger partial charge in [0.15, 0.2) is 0 Å². The van der Waals surface area contributed by atoms with Crippen LogP contribution in [0.25, 0.3) is 0 Å². The number of hydrogen-bond donors (Lipinski definition) is 1. The van der Waals surface area contributed by atoms with Crippen molar-refractivity contribution in [3.05, 3.63) is 45.0 Å². The van der Waals surface area contributed by atoms with E-state index in [1.807, 2.05) is 0 Å². The quantitative estimate of drug-likeness (QED) is 0.664. The molecular weight excluding hydrogens is 198 g/mol. The third-order valence-corrected chi connectivity index (χ3v) is 1.91. The summed E-state index contributed by atoms with van der Waals surface area (Å²) in [5.74, 6) is 0. The van der Waals surface area contributed by atoms with Crippen molar-refractivity contribution in [1.29, 1.82) is 0 Å². The Labute approximate surface area is 84.0 Å². The maximum absolute atomic E-state index is 11.3. The Hall–Kier alpha value is -2.18. The first kappa shape index (κ1) is 9.38. The van der Waals surface area contributed by atoms with Crippen molar-refractivity contribution in [3.8, 4) is 0 Å². The van der Waals surface area contributed by atoms with Gasteiger partial charge in [0.1, 0.15) is 5.69 Å². The van der Waals surface area contributed by atoms with Crippen LogP contribution >= 0.6 is 0 Å². The maximum atomic E-state index is 11.3. The molecule has 0 aliphatic carbocycles. The molecule has 0 atom stereocenters. The van der Waals surface area contributed by atoms with E-state index in [1.165, 1.54) is 16.9 Å². The maximum Gasteiger partial charge on any atom is 0.328 e. The summed E-state index contributed by atoms with van der Waals surface area (Å²) in [5, 5.41) is 7.50. The van der Waals surface area contributed by atoms with Crippen LogP contribution in [0.3, 0.4) is 0 Å². The monoisotopic (exact) mass is 207 g/mol. The Balaban J connectivity index is 2.40. The zero-order valence-corrected chi connectivity index (χ0v) is 8.04. The lowest BCUT2D eigenvalue weighted by Crippen LogP contribution is -2.34. The van der Waals surface area contributed by atoms with Gasteiger partial charge in [-0.05, 0) is 0 Å². The molecule has 0 aliphatic heterocycles. The molecule has 0 radical (unpaired) electrons. The van der Waals surface area contributed by atoms with E-state index in [0.717, 1.165) is 4.57 Å². The number of aromatic nitrogens is 5. The molecule has 0 spiro atoms. The van der Waals surface area contributed by atoms with Crippen LogP contribution in [0.2, 0.25) is 0 Å². The van der Waals surface area contributed by atoms with Crippen molar-refractivity contribution in [1.82, 2.24) is 24.5 Å². The normalized spacial score (nSPS) is 10.5. The molecule has 0 saturated carbocycles. The second-order valence-electron chi connectivity index (χ2n) is 3.09. The Morgan fingerprint density at radius 3 is 2.87 bits per heavy atom. The molecule has 0 fully saturated rings. The number of nitrogens with zero attached hydrogens (tertiary/aromatic N) is 4. The van der Waals surface area contributed by atoms with E-state index in [-0.39, 0.29) is 12.1 Å². The third-order valence-electron chi connectivity index (χ3n) is 1.91. The fourth-order valence-electron chi connectivity index (χ4n) is 1.23. The lowest BCUT2D eigenvalue weighted by atomic mass is 10.4. The van der Waals surface area contributed by atoms with Crippen molar-refractivity contribution < 1.29 is 0 Å². The Kier molecular flexibility index (Phi) is 2.20. The van der Waals surface area contributed by atoms with E-state index in [2.05, 4.69) is 15.3 Å². The predicted molar refractivity (Wildman–Crippen MR) is 51.4 cm³/mol. The molecule has 0 bridgehead atoms. The third kappa shape index (κ3) is 1.85. The summed E-state index contributed by atoms with van der Waals surface area (Å²) in [4.78, 5) is 25.1. The molecule has 2 heterocycles. The van der Waals surface area contributed by atoms with E-state index < -0.39 is 5.69 Å². The number of aromatic amines is 1. The zero-order valence-electron chi connectivity index (χ0n) is 8.04. The van der Waals surface area contributed by atoms with Gasteiger partial charge in [-0.2, -0.15) is 0 Å². The van der Waals surface area contributed by atoms with Gasteiger partial charge in [-0.1, -0.05) is 5.21 Å². The van der Waals surface area contributed by atoms with Crippen molar-refractivity contribution in [3.63, 3.8) is 0 Å². The number of nitrogens with one attached hydrogen (secondary N) is 1. The van der Waals surface area contributed by atoms with Gasteiger partial charge in [-0.15, -0.1) is 5.10 Å². The van der Waals surface area contributed by atoms with Crippen molar-refractivity contribution in [2.75, 3.05) is 0 Å². The molecule has 0 unspecified atom stereocenters. The molecule has 15 heavy (non-hydrogen) atoms. The molecule has 78 valence electrons. The minimum atomic E-state index is -0.451. The SMILES string of the molecule is Cn1cc(Cn2c(=O)cc[nH]c2=O)nn1. The van der Waals surface area contributed by atoms with Crippen LogP contribution in [-0.4, -0.2) is 24.5 Å². The fourth-order valence-corrected chi connectivity index (χ4v) is 1.23. The average molecular weight is 207 g/mol. The smallest absolute Gasteiger partial charge is 0.314 e. The van der Waals surface area contributed by atoms with Gasteiger partial charge in [-0.25, -0.2) is 4.79 Å². The molecule has 2 aromatic rings. The van der Waals surface area contributed by atoms with Crippen molar-refractivity contribution >= 4 is 0 Å². The summed E-state index contributed by atoms with van der Waals surface area (Å²) in [6.07, 6.45) is 2.97. The van der Waals surface area contributed by atoms with Gasteiger partial charge in [0, 0.05) is 25.5 Å². The molecule has 2 rings (SSSR count). The first-order chi connectivity index (χ1) is 7.16. The van der Waals surface area contributed by atoms with Gasteiger partial charge in [0.05, 0.1) is 6.54 Å². The predicted octanol–water partition coefficient (Wildman–Crippen LogP) is -1.29. The van der Waals surface area contributed by atoms with E-state index in [0.29, 0.717) is 5.69 Å². The molecule has 1 N–H and O–H groups in total. The van der Waals surface area contributed by atoms with E-state index in [4.69, 9.17) is 0 Å². The van der Waals surface area contributed by atoms with Gasteiger partial charge in [-0.3, -0.25) is 14.0 Å². The minimum absolute atomic E-state index is 0.128. The van der Waals surface area contributed by atoms with Crippen LogP contribution < -0.4 is 11.2 Å². The first-order valence-corrected chi connectivity index (χ1v) is 4.30. The highest BCUT2D eigenvalue weighted by molar-refractivity contribution is 4.95. The summed E-state index contributed by atoms with van der Waals surface area (Å²) in [5.41, 5.74) is -0.242. The van der Waals surface area contributed by atoms with Crippen LogP contribution in [0.15, 0.2) is 28.0 Å². The Morgan fingerprint density at radius 1 is 1.47 bits per heavy atom. The van der Waals surface area contributed by atoms with E-state index in [9.17, 15) is 9.59 Å². The van der Waals surface area contributed by atoms with Crippen LogP contribution in [0.5, 0.6) is 0 Å². The molecule has 0 aliphatic rings.